The molecule has 0 spiro atoms. The van der Waals surface area contributed by atoms with E-state index in [1.54, 1.807) is 0 Å². The molecule has 1 saturated carbocycles. The van der Waals surface area contributed by atoms with Crippen LogP contribution in [0.25, 0.3) is 0 Å². The molecule has 0 unspecified atom stereocenters. The highest BCUT2D eigenvalue weighted by molar-refractivity contribution is 5.00. The van der Waals surface area contributed by atoms with Gasteiger partial charge >= 0.3 is 0 Å². The number of halogens is 2. The van der Waals surface area contributed by atoms with Crippen LogP contribution >= 0.6 is 0 Å². The molecule has 0 atom stereocenters. The van der Waals surface area contributed by atoms with Crippen LogP contribution in [0.1, 0.15) is 12.8 Å². The Kier molecular flexibility index (Phi) is 0.819. The summed E-state index contributed by atoms with van der Waals surface area (Å²) < 4.78 is 23.0. The van der Waals surface area contributed by atoms with Crippen LogP contribution < -0.4 is 5.73 Å². The lowest BCUT2D eigenvalue weighted by Gasteiger charge is -2.02. The molecule has 1 rings (SSSR count). The lowest BCUT2D eigenvalue weighted by Crippen LogP contribution is -2.30. The molecule has 0 radical (unpaired) electrons. The van der Waals surface area contributed by atoms with Crippen molar-refractivity contribution < 1.29 is 8.78 Å². The van der Waals surface area contributed by atoms with Gasteiger partial charge in [0.15, 0.2) is 0 Å². The Hall–Kier alpha value is -0.180. The first-order chi connectivity index (χ1) is 3.15. The van der Waals surface area contributed by atoms with Gasteiger partial charge in [0.2, 0.25) is 0 Å². The van der Waals surface area contributed by atoms with Crippen LogP contribution in [-0.2, 0) is 0 Å². The van der Waals surface area contributed by atoms with Gasteiger partial charge in [0.25, 0.3) is 6.43 Å². The molecular weight excluding hydrogens is 100 g/mol. The third kappa shape index (κ3) is 0.725. The van der Waals surface area contributed by atoms with E-state index in [0.717, 1.165) is 0 Å². The summed E-state index contributed by atoms with van der Waals surface area (Å²) >= 11 is 0. The quantitative estimate of drug-likeness (QED) is 0.525. The predicted molar refractivity (Wildman–Crippen MR) is 22.2 cm³/mol. The fourth-order valence-corrected chi connectivity index (χ4v) is 0.363. The normalized spacial score (nSPS) is 25.7. The largest absolute Gasteiger partial charge is 0.320 e. The van der Waals surface area contributed by atoms with Gasteiger partial charge in [0.05, 0.1) is 5.54 Å². The van der Waals surface area contributed by atoms with Gasteiger partial charge in [-0.25, -0.2) is 8.78 Å². The minimum absolute atomic E-state index is 0.491. The monoisotopic (exact) mass is 107 g/mol. The minimum Gasteiger partial charge on any atom is -0.320 e. The zero-order valence-corrected chi connectivity index (χ0v) is 3.82. The van der Waals surface area contributed by atoms with Gasteiger partial charge in [-0.3, -0.25) is 0 Å². The van der Waals surface area contributed by atoms with E-state index < -0.39 is 12.0 Å². The van der Waals surface area contributed by atoms with E-state index in [1.807, 2.05) is 0 Å². The highest BCUT2D eigenvalue weighted by Gasteiger charge is 2.47. The van der Waals surface area contributed by atoms with Gasteiger partial charge < -0.3 is 5.73 Å². The van der Waals surface area contributed by atoms with Crippen molar-refractivity contribution in [3.05, 3.63) is 0 Å². The maximum absolute atomic E-state index is 11.5. The van der Waals surface area contributed by atoms with E-state index in [0.29, 0.717) is 12.8 Å². The smallest absolute Gasteiger partial charge is 0.256 e. The van der Waals surface area contributed by atoms with Crippen molar-refractivity contribution in [2.45, 2.75) is 24.8 Å². The second-order valence-corrected chi connectivity index (χ2v) is 2.03. The Balaban J connectivity index is 2.39. The Morgan fingerprint density at radius 3 is 1.86 bits per heavy atom. The third-order valence-corrected chi connectivity index (χ3v) is 1.26. The summed E-state index contributed by atoms with van der Waals surface area (Å²) in [6.07, 6.45) is -1.33. The van der Waals surface area contributed by atoms with Crippen LogP contribution in [0.15, 0.2) is 0 Å². The van der Waals surface area contributed by atoms with Gasteiger partial charge in [-0.1, -0.05) is 0 Å². The molecule has 1 fully saturated rings. The summed E-state index contributed by atoms with van der Waals surface area (Å²) in [7, 11) is 0. The number of hydrogen-bond donors (Lipinski definition) is 1. The van der Waals surface area contributed by atoms with Crippen LogP contribution in [0.2, 0.25) is 0 Å². The average Bonchev–Trinajstić information content (AvgIpc) is 2.21. The zero-order chi connectivity index (χ0) is 5.49. The molecular formula is C4H7F2N. The minimum atomic E-state index is -2.31. The molecule has 42 valence electrons. The van der Waals surface area contributed by atoms with Crippen LogP contribution in [-0.4, -0.2) is 12.0 Å². The maximum atomic E-state index is 11.5. The van der Waals surface area contributed by atoms with Crippen molar-refractivity contribution in [1.82, 2.24) is 0 Å². The Morgan fingerprint density at radius 2 is 1.86 bits per heavy atom. The molecule has 0 aromatic carbocycles. The number of nitrogens with two attached hydrogens (primary N) is 1. The van der Waals surface area contributed by atoms with E-state index in [-0.39, 0.29) is 0 Å². The van der Waals surface area contributed by atoms with Crippen LogP contribution in [0.4, 0.5) is 8.78 Å². The van der Waals surface area contributed by atoms with E-state index in [1.165, 1.54) is 0 Å². The summed E-state index contributed by atoms with van der Waals surface area (Å²) in [6.45, 7) is 0. The second-order valence-electron chi connectivity index (χ2n) is 2.03. The van der Waals surface area contributed by atoms with Crippen molar-refractivity contribution >= 4 is 0 Å². The SMILES string of the molecule is NC1(C(F)F)CC1. The van der Waals surface area contributed by atoms with Crippen LogP contribution in [0, 0.1) is 0 Å². The van der Waals surface area contributed by atoms with E-state index in [2.05, 4.69) is 0 Å². The van der Waals surface area contributed by atoms with Crippen molar-refractivity contribution in [2.24, 2.45) is 5.73 Å². The van der Waals surface area contributed by atoms with Crippen molar-refractivity contribution in [2.75, 3.05) is 0 Å². The summed E-state index contributed by atoms with van der Waals surface area (Å²) in [4.78, 5) is 0. The number of rotatable bonds is 1. The van der Waals surface area contributed by atoms with Gasteiger partial charge in [-0.05, 0) is 12.8 Å². The number of hydrogen-bond acceptors (Lipinski definition) is 1. The van der Waals surface area contributed by atoms with Gasteiger partial charge in [0.1, 0.15) is 0 Å². The van der Waals surface area contributed by atoms with Crippen molar-refractivity contribution in [3.8, 4) is 0 Å². The first-order valence-electron chi connectivity index (χ1n) is 2.22. The molecule has 0 bridgehead atoms. The Morgan fingerprint density at radius 1 is 1.43 bits per heavy atom. The molecule has 0 aromatic heterocycles. The zero-order valence-electron chi connectivity index (χ0n) is 3.82. The topological polar surface area (TPSA) is 26.0 Å². The Labute approximate surface area is 40.5 Å². The first kappa shape index (κ1) is 4.97. The van der Waals surface area contributed by atoms with Crippen LogP contribution in [0.3, 0.4) is 0 Å². The fourth-order valence-electron chi connectivity index (χ4n) is 0.363. The second kappa shape index (κ2) is 1.15. The van der Waals surface area contributed by atoms with E-state index in [4.69, 9.17) is 5.73 Å². The summed E-state index contributed by atoms with van der Waals surface area (Å²) in [5.41, 5.74) is 3.96. The van der Waals surface area contributed by atoms with Gasteiger partial charge in [-0.15, -0.1) is 0 Å². The molecule has 1 nitrogen and oxygen atoms in total. The molecule has 3 heteroatoms. The third-order valence-electron chi connectivity index (χ3n) is 1.26. The molecule has 1 aliphatic rings. The highest BCUT2D eigenvalue weighted by Crippen LogP contribution is 2.37. The highest BCUT2D eigenvalue weighted by atomic mass is 19.3. The van der Waals surface area contributed by atoms with Gasteiger partial charge in [-0.2, -0.15) is 0 Å². The molecule has 0 amide bonds. The first-order valence-corrected chi connectivity index (χ1v) is 2.22. The van der Waals surface area contributed by atoms with E-state index >= 15 is 0 Å². The molecule has 1 aliphatic carbocycles. The average molecular weight is 107 g/mol. The molecule has 2 N–H and O–H groups in total. The predicted octanol–water partition coefficient (Wildman–Crippen LogP) is 0.743. The van der Waals surface area contributed by atoms with E-state index in [9.17, 15) is 8.78 Å². The molecule has 0 aliphatic heterocycles. The standard InChI is InChI=1S/C4H7F2N/c5-3(6)4(7)1-2-4/h3H,1-2,7H2. The lowest BCUT2D eigenvalue weighted by molar-refractivity contribution is 0.105. The summed E-state index contributed by atoms with van der Waals surface area (Å²) in [6, 6.07) is 0. The summed E-state index contributed by atoms with van der Waals surface area (Å²) in [5, 5.41) is 0. The Bertz CT molecular complexity index is 77.8. The maximum Gasteiger partial charge on any atom is 0.256 e. The molecule has 0 heterocycles. The molecule has 0 aromatic rings. The molecule has 7 heavy (non-hydrogen) atoms. The lowest BCUT2D eigenvalue weighted by atomic mass is 10.3. The van der Waals surface area contributed by atoms with Gasteiger partial charge in [0, 0.05) is 0 Å². The van der Waals surface area contributed by atoms with Crippen molar-refractivity contribution in [1.29, 1.82) is 0 Å². The fraction of sp³-hybridized carbons (Fsp3) is 1.00. The summed E-state index contributed by atoms with van der Waals surface area (Å²) in [5.74, 6) is 0. The molecule has 0 saturated heterocycles. The van der Waals surface area contributed by atoms with Crippen LogP contribution in [0.5, 0.6) is 0 Å². The number of alkyl halides is 2. The van der Waals surface area contributed by atoms with Crippen molar-refractivity contribution in [3.63, 3.8) is 0 Å².